The average Bonchev–Trinajstić information content (AvgIpc) is 2.57. The van der Waals surface area contributed by atoms with Crippen molar-refractivity contribution in [3.8, 4) is 0 Å². The van der Waals surface area contributed by atoms with Crippen molar-refractivity contribution >= 4 is 22.6 Å². The standard InChI is InChI=1S/C13H18ClN3/c1-9(2)7-15-8-12-16-11-6-4-5-10(14)13(11)17(12)3/h4-6,9,15H,7-8H2,1-3H3. The fourth-order valence-electron chi connectivity index (χ4n) is 1.90. The molecule has 0 saturated heterocycles. The zero-order valence-electron chi connectivity index (χ0n) is 10.5. The van der Waals surface area contributed by atoms with E-state index in [-0.39, 0.29) is 0 Å². The van der Waals surface area contributed by atoms with Gasteiger partial charge in [0.15, 0.2) is 0 Å². The molecular weight excluding hydrogens is 234 g/mol. The first-order valence-electron chi connectivity index (χ1n) is 5.90. The number of aromatic nitrogens is 2. The highest BCUT2D eigenvalue weighted by molar-refractivity contribution is 6.34. The molecule has 1 heterocycles. The van der Waals surface area contributed by atoms with Crippen LogP contribution < -0.4 is 5.32 Å². The van der Waals surface area contributed by atoms with E-state index in [1.807, 2.05) is 25.2 Å². The molecule has 0 unspecified atom stereocenters. The van der Waals surface area contributed by atoms with E-state index in [1.54, 1.807) is 0 Å². The van der Waals surface area contributed by atoms with E-state index >= 15 is 0 Å². The molecule has 1 N–H and O–H groups in total. The quantitative estimate of drug-likeness (QED) is 0.906. The van der Waals surface area contributed by atoms with E-state index in [0.29, 0.717) is 5.92 Å². The molecule has 0 spiro atoms. The predicted molar refractivity (Wildman–Crippen MR) is 72.3 cm³/mol. The van der Waals surface area contributed by atoms with Crippen molar-refractivity contribution < 1.29 is 0 Å². The van der Waals surface area contributed by atoms with E-state index < -0.39 is 0 Å². The van der Waals surface area contributed by atoms with E-state index in [4.69, 9.17) is 11.6 Å². The summed E-state index contributed by atoms with van der Waals surface area (Å²) in [4.78, 5) is 4.59. The van der Waals surface area contributed by atoms with E-state index in [2.05, 4.69) is 28.7 Å². The minimum atomic E-state index is 0.647. The van der Waals surface area contributed by atoms with Gasteiger partial charge in [0, 0.05) is 7.05 Å². The minimum absolute atomic E-state index is 0.647. The second kappa shape index (κ2) is 5.07. The second-order valence-electron chi connectivity index (χ2n) is 4.72. The monoisotopic (exact) mass is 251 g/mol. The van der Waals surface area contributed by atoms with Crippen LogP contribution >= 0.6 is 11.6 Å². The lowest BCUT2D eigenvalue weighted by molar-refractivity contribution is 0.538. The van der Waals surface area contributed by atoms with Gasteiger partial charge in [0.2, 0.25) is 0 Å². The Morgan fingerprint density at radius 1 is 1.41 bits per heavy atom. The highest BCUT2D eigenvalue weighted by Gasteiger charge is 2.09. The molecule has 0 radical (unpaired) electrons. The molecule has 2 aromatic rings. The molecule has 0 saturated carbocycles. The summed E-state index contributed by atoms with van der Waals surface area (Å²) >= 11 is 6.18. The third-order valence-electron chi connectivity index (χ3n) is 2.77. The van der Waals surface area contributed by atoms with Crippen LogP contribution in [0.4, 0.5) is 0 Å². The number of hydrogen-bond donors (Lipinski definition) is 1. The van der Waals surface area contributed by atoms with Crippen LogP contribution in [-0.2, 0) is 13.6 Å². The van der Waals surface area contributed by atoms with E-state index in [1.165, 1.54) is 0 Å². The number of benzene rings is 1. The molecule has 17 heavy (non-hydrogen) atoms. The number of hydrogen-bond acceptors (Lipinski definition) is 2. The number of nitrogens with zero attached hydrogens (tertiary/aromatic N) is 2. The Labute approximate surface area is 107 Å². The van der Waals surface area contributed by atoms with Gasteiger partial charge < -0.3 is 9.88 Å². The van der Waals surface area contributed by atoms with Crippen LogP contribution in [0.5, 0.6) is 0 Å². The van der Waals surface area contributed by atoms with Gasteiger partial charge in [-0.15, -0.1) is 0 Å². The molecule has 1 aromatic heterocycles. The Morgan fingerprint density at radius 2 is 2.18 bits per heavy atom. The van der Waals surface area contributed by atoms with Gasteiger partial charge >= 0.3 is 0 Å². The number of fused-ring (bicyclic) bond motifs is 1. The zero-order chi connectivity index (χ0) is 12.4. The zero-order valence-corrected chi connectivity index (χ0v) is 11.3. The summed E-state index contributed by atoms with van der Waals surface area (Å²) < 4.78 is 2.06. The van der Waals surface area contributed by atoms with Gasteiger partial charge in [0.05, 0.1) is 22.6 Å². The minimum Gasteiger partial charge on any atom is -0.329 e. The van der Waals surface area contributed by atoms with Gasteiger partial charge in [0.25, 0.3) is 0 Å². The first-order valence-corrected chi connectivity index (χ1v) is 6.28. The lowest BCUT2D eigenvalue weighted by atomic mass is 10.2. The summed E-state index contributed by atoms with van der Waals surface area (Å²) in [6.45, 7) is 6.16. The molecule has 0 amide bonds. The fraction of sp³-hybridized carbons (Fsp3) is 0.462. The maximum Gasteiger partial charge on any atom is 0.123 e. The van der Waals surface area contributed by atoms with Crippen molar-refractivity contribution in [3.63, 3.8) is 0 Å². The summed E-state index contributed by atoms with van der Waals surface area (Å²) in [5.74, 6) is 1.67. The molecular formula is C13H18ClN3. The van der Waals surface area contributed by atoms with Crippen molar-refractivity contribution in [2.24, 2.45) is 13.0 Å². The van der Waals surface area contributed by atoms with Crippen molar-refractivity contribution in [2.75, 3.05) is 6.54 Å². The topological polar surface area (TPSA) is 29.9 Å². The van der Waals surface area contributed by atoms with Crippen molar-refractivity contribution in [1.29, 1.82) is 0 Å². The molecule has 3 nitrogen and oxygen atoms in total. The summed E-state index contributed by atoms with van der Waals surface area (Å²) in [6, 6.07) is 5.83. The first kappa shape index (κ1) is 12.4. The number of halogens is 1. The SMILES string of the molecule is CC(C)CNCc1nc2cccc(Cl)c2n1C. The van der Waals surface area contributed by atoms with Gasteiger partial charge in [0.1, 0.15) is 5.82 Å². The smallest absolute Gasteiger partial charge is 0.123 e. The molecule has 0 aliphatic carbocycles. The number of imidazole rings is 1. The average molecular weight is 252 g/mol. The molecule has 2 rings (SSSR count). The second-order valence-corrected chi connectivity index (χ2v) is 5.13. The lowest BCUT2D eigenvalue weighted by Crippen LogP contribution is -2.20. The van der Waals surface area contributed by atoms with Crippen molar-refractivity contribution in [3.05, 3.63) is 29.0 Å². The van der Waals surface area contributed by atoms with Gasteiger partial charge in [-0.1, -0.05) is 31.5 Å². The highest BCUT2D eigenvalue weighted by atomic mass is 35.5. The Balaban J connectivity index is 2.24. The van der Waals surface area contributed by atoms with Gasteiger partial charge in [-0.3, -0.25) is 0 Å². The molecule has 4 heteroatoms. The number of rotatable bonds is 4. The van der Waals surface area contributed by atoms with Gasteiger partial charge in [-0.2, -0.15) is 0 Å². The molecule has 92 valence electrons. The highest BCUT2D eigenvalue weighted by Crippen LogP contribution is 2.23. The molecule has 0 atom stereocenters. The molecule has 0 fully saturated rings. The number of nitrogens with one attached hydrogen (secondary N) is 1. The molecule has 1 aromatic carbocycles. The molecule has 0 aliphatic rings. The number of para-hydroxylation sites is 1. The normalized spacial score (nSPS) is 11.6. The number of aryl methyl sites for hydroxylation is 1. The third-order valence-corrected chi connectivity index (χ3v) is 3.08. The van der Waals surface area contributed by atoms with E-state index in [9.17, 15) is 0 Å². The summed E-state index contributed by atoms with van der Waals surface area (Å²) in [7, 11) is 2.01. The van der Waals surface area contributed by atoms with Crippen molar-refractivity contribution in [1.82, 2.24) is 14.9 Å². The van der Waals surface area contributed by atoms with Gasteiger partial charge in [-0.05, 0) is 24.6 Å². The fourth-order valence-corrected chi connectivity index (χ4v) is 2.20. The Morgan fingerprint density at radius 3 is 2.82 bits per heavy atom. The van der Waals surface area contributed by atoms with Crippen LogP contribution in [0.2, 0.25) is 5.02 Å². The van der Waals surface area contributed by atoms with Crippen LogP contribution in [0.3, 0.4) is 0 Å². The van der Waals surface area contributed by atoms with Crippen molar-refractivity contribution in [2.45, 2.75) is 20.4 Å². The summed E-state index contributed by atoms with van der Waals surface area (Å²) in [5.41, 5.74) is 1.97. The lowest BCUT2D eigenvalue weighted by Gasteiger charge is -2.07. The Bertz CT molecular complexity index is 517. The van der Waals surface area contributed by atoms with Crippen LogP contribution in [0, 0.1) is 5.92 Å². The van der Waals surface area contributed by atoms with Crippen LogP contribution in [0.15, 0.2) is 18.2 Å². The summed E-state index contributed by atoms with van der Waals surface area (Å²) in [5, 5.41) is 4.15. The van der Waals surface area contributed by atoms with Crippen LogP contribution in [-0.4, -0.2) is 16.1 Å². The van der Waals surface area contributed by atoms with Crippen LogP contribution in [0.25, 0.3) is 11.0 Å². The maximum atomic E-state index is 6.18. The van der Waals surface area contributed by atoms with E-state index in [0.717, 1.165) is 35.0 Å². The largest absolute Gasteiger partial charge is 0.329 e. The Hall–Kier alpha value is -1.06. The van der Waals surface area contributed by atoms with Crippen LogP contribution in [0.1, 0.15) is 19.7 Å². The third kappa shape index (κ3) is 2.61. The molecule has 0 aliphatic heterocycles. The summed E-state index contributed by atoms with van der Waals surface area (Å²) in [6.07, 6.45) is 0. The Kier molecular flexibility index (Phi) is 3.69. The maximum absolute atomic E-state index is 6.18. The molecule has 0 bridgehead atoms. The predicted octanol–water partition coefficient (Wildman–Crippen LogP) is 2.97. The first-order chi connectivity index (χ1) is 8.09. The van der Waals surface area contributed by atoms with Gasteiger partial charge in [-0.25, -0.2) is 4.98 Å².